The molecule has 1 unspecified atom stereocenters. The van der Waals surface area contributed by atoms with Gasteiger partial charge in [0, 0.05) is 10.9 Å². The van der Waals surface area contributed by atoms with E-state index < -0.39 is 0 Å². The molecule has 2 nitrogen and oxygen atoms in total. The van der Waals surface area contributed by atoms with Crippen molar-refractivity contribution in [2.75, 3.05) is 19.4 Å². The van der Waals surface area contributed by atoms with Crippen molar-refractivity contribution in [2.45, 2.75) is 50.5 Å². The largest absolute Gasteiger partial charge is 0.497 e. The number of benzene rings is 1. The first-order chi connectivity index (χ1) is 9.26. The van der Waals surface area contributed by atoms with Crippen LogP contribution in [0.25, 0.3) is 0 Å². The van der Waals surface area contributed by atoms with E-state index in [9.17, 15) is 0 Å². The molecule has 1 aromatic rings. The van der Waals surface area contributed by atoms with E-state index in [1.165, 1.54) is 36.3 Å². The molecule has 0 saturated carbocycles. The fraction of sp³-hybridized carbons (Fsp3) is 0.625. The van der Waals surface area contributed by atoms with Crippen molar-refractivity contribution in [2.24, 2.45) is 0 Å². The van der Waals surface area contributed by atoms with Crippen LogP contribution in [0.3, 0.4) is 0 Å². The third-order valence-corrected chi connectivity index (χ3v) is 4.16. The van der Waals surface area contributed by atoms with Crippen LogP contribution in [0.4, 0.5) is 0 Å². The zero-order valence-electron chi connectivity index (χ0n) is 12.4. The van der Waals surface area contributed by atoms with Crippen LogP contribution in [0.5, 0.6) is 5.75 Å². The van der Waals surface area contributed by atoms with Gasteiger partial charge in [0.25, 0.3) is 0 Å². The topological polar surface area (TPSA) is 21.3 Å². The van der Waals surface area contributed by atoms with Gasteiger partial charge in [-0.3, -0.25) is 0 Å². The van der Waals surface area contributed by atoms with Gasteiger partial charge in [-0.05, 0) is 56.7 Å². The van der Waals surface area contributed by atoms with Crippen LogP contribution in [-0.2, 0) is 0 Å². The molecular formula is C16H27NOS. The van der Waals surface area contributed by atoms with E-state index in [1.807, 2.05) is 17.8 Å². The normalized spacial score (nSPS) is 12.4. The van der Waals surface area contributed by atoms with Crippen LogP contribution in [0.2, 0.25) is 0 Å². The van der Waals surface area contributed by atoms with Crippen molar-refractivity contribution in [3.63, 3.8) is 0 Å². The predicted molar refractivity (Wildman–Crippen MR) is 85.3 cm³/mol. The van der Waals surface area contributed by atoms with Crippen molar-refractivity contribution in [1.82, 2.24) is 5.32 Å². The second-order valence-electron chi connectivity index (χ2n) is 4.88. The van der Waals surface area contributed by atoms with E-state index in [1.54, 1.807) is 7.11 Å². The molecule has 108 valence electrons. The Labute approximate surface area is 122 Å². The summed E-state index contributed by atoms with van der Waals surface area (Å²) in [4.78, 5) is 1.30. The fourth-order valence-corrected chi connectivity index (χ4v) is 2.88. The quantitative estimate of drug-likeness (QED) is 0.509. The molecule has 0 saturated heterocycles. The first-order valence-electron chi connectivity index (χ1n) is 7.26. The molecule has 1 aromatic carbocycles. The molecule has 1 N–H and O–H groups in total. The summed E-state index contributed by atoms with van der Waals surface area (Å²) in [5.74, 6) is 2.13. The Balaban J connectivity index is 2.10. The molecule has 1 rings (SSSR count). The van der Waals surface area contributed by atoms with Gasteiger partial charge in [0.2, 0.25) is 0 Å². The van der Waals surface area contributed by atoms with Gasteiger partial charge in [-0.1, -0.05) is 19.4 Å². The van der Waals surface area contributed by atoms with Gasteiger partial charge >= 0.3 is 0 Å². The van der Waals surface area contributed by atoms with E-state index in [0.717, 1.165) is 12.3 Å². The molecule has 0 aromatic heterocycles. The summed E-state index contributed by atoms with van der Waals surface area (Å²) in [5, 5.41) is 3.53. The van der Waals surface area contributed by atoms with Gasteiger partial charge in [-0.2, -0.15) is 0 Å². The first kappa shape index (κ1) is 16.4. The van der Waals surface area contributed by atoms with Crippen molar-refractivity contribution in [1.29, 1.82) is 0 Å². The molecule has 0 bridgehead atoms. The standard InChI is InChI=1S/C16H27NOS/c1-4-11-17-14(2)8-5-6-12-19-16-10-7-9-15(13-16)18-3/h7,9-10,13-14,17H,4-6,8,11-12H2,1-3H3. The third kappa shape index (κ3) is 7.48. The van der Waals surface area contributed by atoms with E-state index >= 15 is 0 Å². The number of ether oxygens (including phenoxy) is 1. The second kappa shape index (κ2) is 10.2. The Morgan fingerprint density at radius 3 is 2.89 bits per heavy atom. The van der Waals surface area contributed by atoms with E-state index in [4.69, 9.17) is 4.74 Å². The molecule has 1 atom stereocenters. The summed E-state index contributed by atoms with van der Waals surface area (Å²) in [6.45, 7) is 5.63. The molecule has 0 aliphatic rings. The van der Waals surface area contributed by atoms with E-state index in [2.05, 4.69) is 37.4 Å². The van der Waals surface area contributed by atoms with Crippen molar-refractivity contribution in [3.8, 4) is 5.75 Å². The average molecular weight is 281 g/mol. The Morgan fingerprint density at radius 2 is 2.16 bits per heavy atom. The first-order valence-corrected chi connectivity index (χ1v) is 8.25. The minimum Gasteiger partial charge on any atom is -0.497 e. The number of rotatable bonds is 10. The highest BCUT2D eigenvalue weighted by Gasteiger charge is 2.01. The van der Waals surface area contributed by atoms with Gasteiger partial charge in [-0.15, -0.1) is 11.8 Å². The lowest BCUT2D eigenvalue weighted by atomic mass is 10.1. The lowest BCUT2D eigenvalue weighted by Crippen LogP contribution is -2.26. The SMILES string of the molecule is CCCNC(C)CCCCSc1cccc(OC)c1. The minimum absolute atomic E-state index is 0.654. The highest BCUT2D eigenvalue weighted by atomic mass is 32.2. The summed E-state index contributed by atoms with van der Waals surface area (Å²) < 4.78 is 5.23. The van der Waals surface area contributed by atoms with Crippen LogP contribution in [0, 0.1) is 0 Å². The lowest BCUT2D eigenvalue weighted by Gasteiger charge is -2.12. The van der Waals surface area contributed by atoms with Crippen LogP contribution in [-0.4, -0.2) is 25.4 Å². The summed E-state index contributed by atoms with van der Waals surface area (Å²) in [5.41, 5.74) is 0. The number of nitrogens with one attached hydrogen (secondary N) is 1. The Hall–Kier alpha value is -0.670. The van der Waals surface area contributed by atoms with Gasteiger partial charge < -0.3 is 10.1 Å². The summed E-state index contributed by atoms with van der Waals surface area (Å²) in [6, 6.07) is 8.96. The highest BCUT2D eigenvalue weighted by molar-refractivity contribution is 7.99. The van der Waals surface area contributed by atoms with E-state index in [-0.39, 0.29) is 0 Å². The van der Waals surface area contributed by atoms with E-state index in [0.29, 0.717) is 6.04 Å². The molecule has 19 heavy (non-hydrogen) atoms. The zero-order valence-corrected chi connectivity index (χ0v) is 13.3. The molecule has 0 spiro atoms. The van der Waals surface area contributed by atoms with Crippen LogP contribution in [0.1, 0.15) is 39.5 Å². The monoisotopic (exact) mass is 281 g/mol. The minimum atomic E-state index is 0.654. The fourth-order valence-electron chi connectivity index (χ4n) is 1.93. The second-order valence-corrected chi connectivity index (χ2v) is 6.05. The summed E-state index contributed by atoms with van der Waals surface area (Å²) >= 11 is 1.92. The zero-order chi connectivity index (χ0) is 13.9. The van der Waals surface area contributed by atoms with Crippen molar-refractivity contribution < 1.29 is 4.74 Å². The van der Waals surface area contributed by atoms with Gasteiger partial charge in [0.05, 0.1) is 7.11 Å². The smallest absolute Gasteiger partial charge is 0.119 e. The van der Waals surface area contributed by atoms with Gasteiger partial charge in [0.15, 0.2) is 0 Å². The van der Waals surface area contributed by atoms with Crippen LogP contribution >= 0.6 is 11.8 Å². The number of hydrogen-bond acceptors (Lipinski definition) is 3. The maximum Gasteiger partial charge on any atom is 0.119 e. The average Bonchev–Trinajstić information content (AvgIpc) is 2.45. The number of hydrogen-bond donors (Lipinski definition) is 1. The molecule has 0 amide bonds. The van der Waals surface area contributed by atoms with Gasteiger partial charge in [-0.25, -0.2) is 0 Å². The summed E-state index contributed by atoms with van der Waals surface area (Å²) in [6.07, 6.45) is 5.07. The Kier molecular flexibility index (Phi) is 8.76. The maximum absolute atomic E-state index is 5.23. The third-order valence-electron chi connectivity index (χ3n) is 3.08. The Bertz CT molecular complexity index is 343. The maximum atomic E-state index is 5.23. The molecule has 3 heteroatoms. The highest BCUT2D eigenvalue weighted by Crippen LogP contribution is 2.23. The molecule has 0 aliphatic heterocycles. The molecule has 0 fully saturated rings. The molecule has 0 heterocycles. The molecular weight excluding hydrogens is 254 g/mol. The summed E-state index contributed by atoms with van der Waals surface area (Å²) in [7, 11) is 1.72. The van der Waals surface area contributed by atoms with Crippen LogP contribution in [0.15, 0.2) is 29.2 Å². The number of thioether (sulfide) groups is 1. The Morgan fingerprint density at radius 1 is 1.32 bits per heavy atom. The van der Waals surface area contributed by atoms with Crippen LogP contribution < -0.4 is 10.1 Å². The predicted octanol–water partition coefficient (Wildman–Crippen LogP) is 4.35. The van der Waals surface area contributed by atoms with Gasteiger partial charge in [0.1, 0.15) is 5.75 Å². The molecule has 0 aliphatic carbocycles. The lowest BCUT2D eigenvalue weighted by molar-refractivity contribution is 0.413. The molecule has 0 radical (unpaired) electrons. The number of unbranched alkanes of at least 4 members (excludes halogenated alkanes) is 1. The van der Waals surface area contributed by atoms with Crippen molar-refractivity contribution in [3.05, 3.63) is 24.3 Å². The van der Waals surface area contributed by atoms with Crippen molar-refractivity contribution >= 4 is 11.8 Å². The number of methoxy groups -OCH3 is 1.